The van der Waals surface area contributed by atoms with Crippen LogP contribution in [-0.4, -0.2) is 21.2 Å². The van der Waals surface area contributed by atoms with Crippen molar-refractivity contribution < 1.29 is 14.0 Å². The molecule has 0 aliphatic rings. The van der Waals surface area contributed by atoms with E-state index in [1.54, 1.807) is 41.2 Å². The highest BCUT2D eigenvalue weighted by Gasteiger charge is 2.21. The van der Waals surface area contributed by atoms with Gasteiger partial charge in [-0.3, -0.25) is 9.59 Å². The van der Waals surface area contributed by atoms with Gasteiger partial charge in [0.05, 0.1) is 0 Å². The first-order valence-electron chi connectivity index (χ1n) is 9.06. The van der Waals surface area contributed by atoms with E-state index in [9.17, 15) is 14.0 Å². The lowest BCUT2D eigenvalue weighted by atomic mass is 10.0. The predicted octanol–water partition coefficient (Wildman–Crippen LogP) is 3.74. The van der Waals surface area contributed by atoms with Crippen molar-refractivity contribution in [1.82, 2.24) is 14.9 Å². The van der Waals surface area contributed by atoms with Crippen molar-refractivity contribution in [2.24, 2.45) is 7.05 Å². The van der Waals surface area contributed by atoms with Crippen molar-refractivity contribution in [1.29, 1.82) is 0 Å². The van der Waals surface area contributed by atoms with Gasteiger partial charge in [-0.1, -0.05) is 42.0 Å². The van der Waals surface area contributed by atoms with Crippen molar-refractivity contribution >= 4 is 11.7 Å². The molecule has 3 rings (SSSR count). The monoisotopic (exact) mass is 379 g/mol. The zero-order chi connectivity index (χ0) is 20.1. The molecule has 0 unspecified atom stereocenters. The maximum Gasteiger partial charge on any atom is 0.221 e. The number of carbonyl (C=O) groups is 2. The normalized spacial score (nSPS) is 11.8. The van der Waals surface area contributed by atoms with Crippen LogP contribution in [0, 0.1) is 12.7 Å². The molecule has 6 heteroatoms. The van der Waals surface area contributed by atoms with E-state index >= 15 is 0 Å². The van der Waals surface area contributed by atoms with E-state index in [2.05, 4.69) is 10.3 Å². The fourth-order valence-electron chi connectivity index (χ4n) is 2.98. The van der Waals surface area contributed by atoms with Crippen LogP contribution in [0.2, 0.25) is 0 Å². The summed E-state index contributed by atoms with van der Waals surface area (Å²) in [5.41, 5.74) is 2.25. The predicted molar refractivity (Wildman–Crippen MR) is 104 cm³/mol. The lowest BCUT2D eigenvalue weighted by molar-refractivity contribution is -0.121. The van der Waals surface area contributed by atoms with Gasteiger partial charge in [-0.2, -0.15) is 0 Å². The average molecular weight is 379 g/mol. The second-order valence-electron chi connectivity index (χ2n) is 6.74. The first-order chi connectivity index (χ1) is 13.4. The van der Waals surface area contributed by atoms with Crippen molar-refractivity contribution in [2.45, 2.75) is 25.8 Å². The van der Waals surface area contributed by atoms with Crippen LogP contribution < -0.4 is 5.32 Å². The Labute approximate surface area is 163 Å². The Morgan fingerprint density at radius 3 is 2.54 bits per heavy atom. The van der Waals surface area contributed by atoms with Crippen LogP contribution in [0.1, 0.15) is 46.2 Å². The summed E-state index contributed by atoms with van der Waals surface area (Å²) in [6.45, 7) is 1.95. The Balaban J connectivity index is 1.70. The van der Waals surface area contributed by atoms with E-state index in [0.717, 1.165) is 5.56 Å². The number of benzene rings is 2. The minimum atomic E-state index is -0.599. The van der Waals surface area contributed by atoms with Crippen molar-refractivity contribution in [3.63, 3.8) is 0 Å². The Bertz CT molecular complexity index is 979. The van der Waals surface area contributed by atoms with Gasteiger partial charge in [0.25, 0.3) is 0 Å². The summed E-state index contributed by atoms with van der Waals surface area (Å²) < 4.78 is 15.5. The van der Waals surface area contributed by atoms with Gasteiger partial charge in [0.15, 0.2) is 5.78 Å². The van der Waals surface area contributed by atoms with Crippen LogP contribution in [0.3, 0.4) is 0 Å². The number of Topliss-reactive ketones (excluding diaryl/α,β-unsaturated/α-hetero) is 1. The molecule has 1 aromatic heterocycles. The number of ketones is 1. The van der Waals surface area contributed by atoms with Gasteiger partial charge < -0.3 is 9.88 Å². The lowest BCUT2D eigenvalue weighted by Crippen LogP contribution is -2.31. The molecular formula is C22H22FN3O2. The summed E-state index contributed by atoms with van der Waals surface area (Å²) in [6, 6.07) is 12.7. The molecule has 2 aromatic carbocycles. The number of rotatable bonds is 7. The standard InChI is InChI=1S/C22H22FN3O2/c1-15-6-8-16(9-7-15)19(27)10-11-20(28)25-21(22-24-12-13-26(22)2)17-4-3-5-18(23)14-17/h3-9,12-14,21H,10-11H2,1-2H3,(H,25,28)/t21-/m1/s1. The summed E-state index contributed by atoms with van der Waals surface area (Å²) in [5.74, 6) is -0.184. The van der Waals surface area contributed by atoms with Crippen LogP contribution in [0.4, 0.5) is 4.39 Å². The van der Waals surface area contributed by atoms with Crippen LogP contribution in [-0.2, 0) is 11.8 Å². The minimum absolute atomic E-state index is 0.0446. The second-order valence-corrected chi connectivity index (χ2v) is 6.74. The fourth-order valence-corrected chi connectivity index (χ4v) is 2.98. The third-order valence-corrected chi connectivity index (χ3v) is 4.56. The van der Waals surface area contributed by atoms with E-state index in [1.807, 2.05) is 26.1 Å². The van der Waals surface area contributed by atoms with Crippen molar-refractivity contribution in [3.8, 4) is 0 Å². The zero-order valence-electron chi connectivity index (χ0n) is 15.9. The van der Waals surface area contributed by atoms with Gasteiger partial charge in [0, 0.05) is 37.8 Å². The van der Waals surface area contributed by atoms with Crippen LogP contribution in [0.15, 0.2) is 60.9 Å². The molecule has 1 atom stereocenters. The summed E-state index contributed by atoms with van der Waals surface area (Å²) in [4.78, 5) is 29.1. The second kappa shape index (κ2) is 8.61. The third-order valence-electron chi connectivity index (χ3n) is 4.56. The molecule has 0 saturated carbocycles. The van der Waals surface area contributed by atoms with Crippen LogP contribution in [0.25, 0.3) is 0 Å². The van der Waals surface area contributed by atoms with Gasteiger partial charge in [0.2, 0.25) is 5.91 Å². The molecule has 3 aromatic rings. The molecule has 0 aliphatic heterocycles. The number of aryl methyl sites for hydroxylation is 2. The molecular weight excluding hydrogens is 357 g/mol. The molecule has 0 bridgehead atoms. The van der Waals surface area contributed by atoms with Gasteiger partial charge >= 0.3 is 0 Å². The number of hydrogen-bond donors (Lipinski definition) is 1. The highest BCUT2D eigenvalue weighted by Crippen LogP contribution is 2.21. The van der Waals surface area contributed by atoms with Gasteiger partial charge in [0.1, 0.15) is 17.7 Å². The minimum Gasteiger partial charge on any atom is -0.342 e. The molecule has 1 heterocycles. The Hall–Kier alpha value is -3.28. The number of aromatic nitrogens is 2. The average Bonchev–Trinajstić information content (AvgIpc) is 3.10. The third kappa shape index (κ3) is 4.71. The maximum atomic E-state index is 13.7. The first kappa shape index (κ1) is 19.5. The highest BCUT2D eigenvalue weighted by atomic mass is 19.1. The number of halogens is 1. The first-order valence-corrected chi connectivity index (χ1v) is 9.06. The number of hydrogen-bond acceptors (Lipinski definition) is 3. The maximum absolute atomic E-state index is 13.7. The smallest absolute Gasteiger partial charge is 0.221 e. The largest absolute Gasteiger partial charge is 0.342 e. The molecule has 0 fully saturated rings. The van der Waals surface area contributed by atoms with Crippen LogP contribution >= 0.6 is 0 Å². The summed E-state index contributed by atoms with van der Waals surface area (Å²) >= 11 is 0. The van der Waals surface area contributed by atoms with E-state index in [1.165, 1.54) is 12.1 Å². The quantitative estimate of drug-likeness (QED) is 0.636. The number of imidazole rings is 1. The molecule has 0 spiro atoms. The van der Waals surface area contributed by atoms with E-state index in [4.69, 9.17) is 0 Å². The summed E-state index contributed by atoms with van der Waals surface area (Å²) in [5, 5.41) is 2.88. The Morgan fingerprint density at radius 1 is 1.14 bits per heavy atom. The van der Waals surface area contributed by atoms with E-state index < -0.39 is 6.04 Å². The Morgan fingerprint density at radius 2 is 1.89 bits per heavy atom. The molecule has 0 radical (unpaired) electrons. The Kier molecular flexibility index (Phi) is 5.99. The molecule has 0 aliphatic carbocycles. The van der Waals surface area contributed by atoms with E-state index in [0.29, 0.717) is 17.0 Å². The summed E-state index contributed by atoms with van der Waals surface area (Å²) in [6.07, 6.45) is 3.53. The number of nitrogens with one attached hydrogen (secondary N) is 1. The number of carbonyl (C=O) groups excluding carboxylic acids is 2. The number of amides is 1. The van der Waals surface area contributed by atoms with Gasteiger partial charge in [-0.15, -0.1) is 0 Å². The highest BCUT2D eigenvalue weighted by molar-refractivity contribution is 5.98. The molecule has 28 heavy (non-hydrogen) atoms. The fraction of sp³-hybridized carbons (Fsp3) is 0.227. The topological polar surface area (TPSA) is 64.0 Å². The molecule has 5 nitrogen and oxygen atoms in total. The molecule has 1 amide bonds. The van der Waals surface area contributed by atoms with Crippen LogP contribution in [0.5, 0.6) is 0 Å². The molecule has 0 saturated heterocycles. The number of nitrogens with zero attached hydrogens (tertiary/aromatic N) is 2. The van der Waals surface area contributed by atoms with Crippen molar-refractivity contribution in [3.05, 3.63) is 89.3 Å². The van der Waals surface area contributed by atoms with Gasteiger partial charge in [-0.25, -0.2) is 9.37 Å². The van der Waals surface area contributed by atoms with Crippen molar-refractivity contribution in [2.75, 3.05) is 0 Å². The van der Waals surface area contributed by atoms with E-state index in [-0.39, 0.29) is 30.3 Å². The summed E-state index contributed by atoms with van der Waals surface area (Å²) in [7, 11) is 1.81. The molecule has 1 N–H and O–H groups in total. The lowest BCUT2D eigenvalue weighted by Gasteiger charge is -2.19. The zero-order valence-corrected chi connectivity index (χ0v) is 15.9. The molecule has 144 valence electrons. The van der Waals surface area contributed by atoms with Gasteiger partial charge in [-0.05, 0) is 24.6 Å². The SMILES string of the molecule is Cc1ccc(C(=O)CCC(=O)N[C@H](c2cccc(F)c2)c2nccn2C)cc1.